The highest BCUT2D eigenvalue weighted by Crippen LogP contribution is 2.49. The zero-order chi connectivity index (χ0) is 32.4. The third kappa shape index (κ3) is 12.0. The second-order valence-electron chi connectivity index (χ2n) is 14.9. The fraction of sp³-hybridized carbons (Fsp3) is 0.641. The molecule has 1 aliphatic heterocycles. The van der Waals surface area contributed by atoms with E-state index in [0.717, 1.165) is 24.8 Å². The van der Waals surface area contributed by atoms with Gasteiger partial charge in [-0.25, -0.2) is 10.0 Å². The van der Waals surface area contributed by atoms with Gasteiger partial charge in [-0.1, -0.05) is 70.6 Å². The van der Waals surface area contributed by atoms with Gasteiger partial charge in [0.05, 0.1) is 6.17 Å². The Kier molecular flexibility index (Phi) is 15.3. The number of benzene rings is 1. The third-order valence-corrected chi connectivity index (χ3v) is 12.9. The number of terminal acetylenes is 1. The number of allylic oxidation sites excluding steroid dienone is 3. The molecule has 42 heavy (non-hydrogen) atoms. The van der Waals surface area contributed by atoms with Crippen LogP contribution in [0.15, 0.2) is 48.2 Å². The van der Waals surface area contributed by atoms with E-state index in [-0.39, 0.29) is 10.0 Å². The monoisotopic (exact) mass is 594 g/mol. The molecule has 0 aromatic heterocycles. The molecule has 0 spiro atoms. The number of hydrogen-bond donors (Lipinski definition) is 2. The maximum atomic E-state index is 4.13. The summed E-state index contributed by atoms with van der Waals surface area (Å²) in [6, 6.07) is 5.01. The summed E-state index contributed by atoms with van der Waals surface area (Å²) in [5, 5.41) is 7.28. The van der Waals surface area contributed by atoms with Crippen molar-refractivity contribution in [2.45, 2.75) is 124 Å². The van der Waals surface area contributed by atoms with Crippen molar-refractivity contribution in [3.05, 3.63) is 70.5 Å². The van der Waals surface area contributed by atoms with Crippen molar-refractivity contribution in [3.63, 3.8) is 0 Å². The fourth-order valence-electron chi connectivity index (χ4n) is 5.48. The van der Waals surface area contributed by atoms with Crippen molar-refractivity contribution in [1.29, 1.82) is 0 Å². The first-order valence-corrected chi connectivity index (χ1v) is 18.9. The van der Waals surface area contributed by atoms with Crippen LogP contribution in [0.4, 0.5) is 0 Å². The van der Waals surface area contributed by atoms with Crippen LogP contribution in [0.2, 0.25) is 0 Å². The summed E-state index contributed by atoms with van der Waals surface area (Å²) in [6.07, 6.45) is 25.7. The molecular weight excluding hydrogens is 529 g/mol. The van der Waals surface area contributed by atoms with Crippen LogP contribution in [-0.4, -0.2) is 29.7 Å². The van der Waals surface area contributed by atoms with Gasteiger partial charge in [0.1, 0.15) is 0 Å². The Labute approximate surface area is 264 Å². The lowest BCUT2D eigenvalue weighted by Gasteiger charge is -2.41. The van der Waals surface area contributed by atoms with Gasteiger partial charge in [0.15, 0.2) is 0 Å². The second kappa shape index (κ2) is 16.8. The largest absolute Gasteiger partial charge is 0.373 e. The Hall–Kier alpha value is -1.89. The molecule has 2 N–H and O–H groups in total. The highest BCUT2D eigenvalue weighted by molar-refractivity contribution is 8.33. The minimum atomic E-state index is -0.340. The summed E-state index contributed by atoms with van der Waals surface area (Å²) in [6.45, 7) is 28.8. The molecule has 1 aromatic carbocycles. The second-order valence-corrected chi connectivity index (χ2v) is 19.8. The standard InChI is InChI=1S/C26H38N2.C7H18S.C4H8.C2H2/c1-6-24-19(5)28-26(24)27-15-23-14-20(13-22-12-17(22)3)11-18(4)25(23)21-9-7-8-16(2)10-21;1-7(2,3)8(4,5)6;1-4(2)3;1-2/h10-11,14,17,21-22,24,26-28H,5-9,12-13,15H2,1-4H3;1-6H3;1H2,2-3H3;1-2H. The van der Waals surface area contributed by atoms with Gasteiger partial charge < -0.3 is 5.32 Å². The predicted molar refractivity (Wildman–Crippen MR) is 195 cm³/mol. The van der Waals surface area contributed by atoms with E-state index in [9.17, 15) is 0 Å². The summed E-state index contributed by atoms with van der Waals surface area (Å²) >= 11 is 0. The average molecular weight is 595 g/mol. The van der Waals surface area contributed by atoms with E-state index >= 15 is 0 Å². The number of rotatable bonds is 7. The van der Waals surface area contributed by atoms with Gasteiger partial charge in [0.2, 0.25) is 0 Å². The van der Waals surface area contributed by atoms with Gasteiger partial charge in [-0.05, 0) is 124 Å². The third-order valence-electron chi connectivity index (χ3n) is 9.23. The van der Waals surface area contributed by atoms with Gasteiger partial charge in [-0.2, -0.15) is 0 Å². The summed E-state index contributed by atoms with van der Waals surface area (Å²) in [5.74, 6) is 2.98. The van der Waals surface area contributed by atoms with Crippen LogP contribution >= 0.6 is 10.0 Å². The molecule has 5 unspecified atom stereocenters. The minimum absolute atomic E-state index is 0.340. The molecule has 2 fully saturated rings. The minimum Gasteiger partial charge on any atom is -0.373 e. The van der Waals surface area contributed by atoms with Gasteiger partial charge in [0, 0.05) is 24.1 Å². The molecule has 1 aromatic rings. The molecular formula is C39H66N2S. The summed E-state index contributed by atoms with van der Waals surface area (Å²) in [7, 11) is -0.340. The maximum Gasteiger partial charge on any atom is 0.0851 e. The van der Waals surface area contributed by atoms with Crippen molar-refractivity contribution >= 4 is 10.0 Å². The van der Waals surface area contributed by atoms with Crippen LogP contribution in [0, 0.1) is 37.5 Å². The highest BCUT2D eigenvalue weighted by atomic mass is 32.3. The van der Waals surface area contributed by atoms with E-state index in [2.05, 4.69) is 122 Å². The molecule has 4 rings (SSSR count). The van der Waals surface area contributed by atoms with E-state index in [0.29, 0.717) is 22.7 Å². The van der Waals surface area contributed by atoms with Crippen molar-refractivity contribution < 1.29 is 0 Å². The Bertz CT molecular complexity index is 1060. The predicted octanol–water partition coefficient (Wildman–Crippen LogP) is 10.3. The summed E-state index contributed by atoms with van der Waals surface area (Å²) in [5.41, 5.74) is 10.1. The van der Waals surface area contributed by atoms with Crippen molar-refractivity contribution in [2.24, 2.45) is 17.8 Å². The lowest BCUT2D eigenvalue weighted by Crippen LogP contribution is -2.58. The van der Waals surface area contributed by atoms with Crippen molar-refractivity contribution in [1.82, 2.24) is 10.6 Å². The van der Waals surface area contributed by atoms with Gasteiger partial charge in [0.25, 0.3) is 0 Å². The first-order chi connectivity index (χ1) is 19.4. The maximum absolute atomic E-state index is 4.13. The van der Waals surface area contributed by atoms with Crippen LogP contribution in [0.3, 0.4) is 0 Å². The van der Waals surface area contributed by atoms with E-state index in [1.807, 2.05) is 13.8 Å². The molecule has 1 heterocycles. The van der Waals surface area contributed by atoms with E-state index in [1.54, 1.807) is 16.7 Å². The topological polar surface area (TPSA) is 24.1 Å². The van der Waals surface area contributed by atoms with Crippen LogP contribution < -0.4 is 10.6 Å². The fourth-order valence-corrected chi connectivity index (χ4v) is 5.48. The number of nitrogens with one attached hydrogen (secondary N) is 2. The van der Waals surface area contributed by atoms with Gasteiger partial charge >= 0.3 is 0 Å². The molecule has 1 saturated heterocycles. The summed E-state index contributed by atoms with van der Waals surface area (Å²) < 4.78 is 0.521. The first-order valence-electron chi connectivity index (χ1n) is 16.1. The SMILES string of the molecule is C#C.C=C(C)C.C=C1NC(NCc2cc(CC3CC3C)cc(C)c2C2C=C(C)CCC2)C1CC.CC(C)(C)S(C)(C)C. The smallest absolute Gasteiger partial charge is 0.0851 e. The van der Waals surface area contributed by atoms with Crippen LogP contribution in [0.1, 0.15) is 116 Å². The molecule has 0 amide bonds. The van der Waals surface area contributed by atoms with E-state index in [4.69, 9.17) is 0 Å². The van der Waals surface area contributed by atoms with E-state index < -0.39 is 0 Å². The molecule has 3 aliphatic rings. The Balaban J connectivity index is 0.000000530. The zero-order valence-corrected chi connectivity index (χ0v) is 30.4. The number of hydrogen-bond acceptors (Lipinski definition) is 2. The van der Waals surface area contributed by atoms with Gasteiger partial charge in [-0.3, -0.25) is 5.32 Å². The normalized spacial score (nSPS) is 25.0. The molecule has 0 radical (unpaired) electrons. The lowest BCUT2D eigenvalue weighted by molar-refractivity contribution is 0.246. The Morgan fingerprint density at radius 2 is 1.67 bits per heavy atom. The van der Waals surface area contributed by atoms with Crippen LogP contribution in [0.5, 0.6) is 0 Å². The van der Waals surface area contributed by atoms with Crippen molar-refractivity contribution in [2.75, 3.05) is 18.8 Å². The van der Waals surface area contributed by atoms with Crippen LogP contribution in [0.25, 0.3) is 0 Å². The van der Waals surface area contributed by atoms with E-state index in [1.165, 1.54) is 54.5 Å². The summed E-state index contributed by atoms with van der Waals surface area (Å²) in [4.78, 5) is 0. The Morgan fingerprint density at radius 1 is 1.12 bits per heavy atom. The molecule has 0 bridgehead atoms. The van der Waals surface area contributed by atoms with Gasteiger partial charge in [-0.15, -0.1) is 19.4 Å². The molecule has 1 saturated carbocycles. The lowest BCUT2D eigenvalue weighted by atomic mass is 9.80. The zero-order valence-electron chi connectivity index (χ0n) is 29.5. The highest BCUT2D eigenvalue weighted by Gasteiger charge is 2.34. The Morgan fingerprint density at radius 3 is 2.10 bits per heavy atom. The molecule has 2 aliphatic carbocycles. The molecule has 5 atom stereocenters. The molecule has 238 valence electrons. The van der Waals surface area contributed by atoms with Crippen LogP contribution in [-0.2, 0) is 13.0 Å². The average Bonchev–Trinajstić information content (AvgIpc) is 3.55. The van der Waals surface area contributed by atoms with Crippen molar-refractivity contribution in [3.8, 4) is 12.8 Å². The molecule has 2 nitrogen and oxygen atoms in total. The quantitative estimate of drug-likeness (QED) is 0.242. The molecule has 3 heteroatoms. The first kappa shape index (κ1) is 38.1. The number of aryl methyl sites for hydroxylation is 1.